The number of amides is 1. The number of nitrogens with one attached hydrogen (secondary N) is 1. The van der Waals surface area contributed by atoms with Gasteiger partial charge in [-0.1, -0.05) is 12.1 Å². The van der Waals surface area contributed by atoms with Gasteiger partial charge in [-0.15, -0.1) is 11.3 Å². The van der Waals surface area contributed by atoms with E-state index in [1.165, 1.54) is 4.57 Å². The van der Waals surface area contributed by atoms with Crippen LogP contribution in [-0.4, -0.2) is 51.5 Å². The van der Waals surface area contributed by atoms with E-state index in [-0.39, 0.29) is 11.5 Å². The predicted octanol–water partition coefficient (Wildman–Crippen LogP) is 4.47. The molecule has 5 rings (SSSR count). The number of aromatic amines is 1. The van der Waals surface area contributed by atoms with Crippen molar-refractivity contribution in [3.8, 4) is 5.69 Å². The lowest BCUT2D eigenvalue weighted by atomic mass is 10.1. The Labute approximate surface area is 206 Å². The Bertz CT molecular complexity index is 1490. The Morgan fingerprint density at radius 1 is 1.12 bits per heavy atom. The van der Waals surface area contributed by atoms with E-state index in [9.17, 15) is 9.59 Å². The van der Waals surface area contributed by atoms with Crippen LogP contribution in [0.5, 0.6) is 0 Å². The van der Waals surface area contributed by atoms with E-state index in [1.54, 1.807) is 35.7 Å². The first-order chi connectivity index (χ1) is 16.4. The second-order valence-electron chi connectivity index (χ2n) is 8.50. The maximum absolute atomic E-state index is 13.4. The topological polar surface area (TPSA) is 74.2 Å². The van der Waals surface area contributed by atoms with Crippen LogP contribution >= 0.6 is 23.6 Å². The third-order valence-corrected chi connectivity index (χ3v) is 7.55. The van der Waals surface area contributed by atoms with Crippen molar-refractivity contribution in [3.63, 3.8) is 0 Å². The van der Waals surface area contributed by atoms with Gasteiger partial charge >= 0.3 is 0 Å². The molecule has 1 aliphatic rings. The molecule has 1 amide bonds. The summed E-state index contributed by atoms with van der Waals surface area (Å²) in [6.45, 7) is 6.92. The zero-order valence-corrected chi connectivity index (χ0v) is 20.7. The second kappa shape index (κ2) is 9.15. The Morgan fingerprint density at radius 3 is 2.76 bits per heavy atom. The summed E-state index contributed by atoms with van der Waals surface area (Å²) in [6, 6.07) is 11.0. The highest BCUT2D eigenvalue weighted by atomic mass is 32.1. The number of H-pyrrole nitrogens is 1. The van der Waals surface area contributed by atoms with Crippen LogP contribution < -0.4 is 10.5 Å². The van der Waals surface area contributed by atoms with Crippen molar-refractivity contribution in [2.45, 2.75) is 20.3 Å². The van der Waals surface area contributed by atoms with Crippen molar-refractivity contribution in [1.29, 1.82) is 0 Å². The molecule has 9 heteroatoms. The molecule has 0 radical (unpaired) electrons. The Hall–Kier alpha value is -3.30. The first kappa shape index (κ1) is 22.5. The van der Waals surface area contributed by atoms with Crippen molar-refractivity contribution in [2.75, 3.05) is 31.1 Å². The van der Waals surface area contributed by atoms with Gasteiger partial charge in [0.1, 0.15) is 0 Å². The molecule has 174 valence electrons. The minimum atomic E-state index is -0.194. The van der Waals surface area contributed by atoms with E-state index in [2.05, 4.69) is 14.9 Å². The average Bonchev–Trinajstić information content (AvgIpc) is 3.25. The van der Waals surface area contributed by atoms with E-state index in [0.717, 1.165) is 41.5 Å². The molecule has 0 atom stereocenters. The first-order valence-corrected chi connectivity index (χ1v) is 12.5. The molecule has 0 saturated carbocycles. The van der Waals surface area contributed by atoms with Crippen LogP contribution in [0.15, 0.2) is 52.8 Å². The minimum Gasteiger partial charge on any atom is -0.346 e. The highest BCUT2D eigenvalue weighted by Crippen LogP contribution is 2.21. The molecule has 7 nitrogen and oxygen atoms in total. The molecule has 0 bridgehead atoms. The summed E-state index contributed by atoms with van der Waals surface area (Å²) in [5.41, 5.74) is 3.78. The van der Waals surface area contributed by atoms with Crippen molar-refractivity contribution in [1.82, 2.24) is 19.4 Å². The Balaban J connectivity index is 1.45. The zero-order valence-electron chi connectivity index (χ0n) is 19.1. The fourth-order valence-electron chi connectivity index (χ4n) is 4.41. The zero-order chi connectivity index (χ0) is 23.8. The number of carbonyl (C=O) groups excluding carboxylic acids is 1. The molecule has 0 aliphatic carbocycles. The Kier molecular flexibility index (Phi) is 6.05. The molecule has 2 aromatic carbocycles. The molecular weight excluding hydrogens is 466 g/mol. The van der Waals surface area contributed by atoms with E-state index in [4.69, 9.17) is 12.2 Å². The average molecular weight is 492 g/mol. The van der Waals surface area contributed by atoms with Gasteiger partial charge in [-0.25, -0.2) is 4.98 Å². The van der Waals surface area contributed by atoms with Gasteiger partial charge in [0.15, 0.2) is 9.90 Å². The molecule has 1 N–H and O–H groups in total. The summed E-state index contributed by atoms with van der Waals surface area (Å²) >= 11 is 7.17. The van der Waals surface area contributed by atoms with Gasteiger partial charge in [0, 0.05) is 43.3 Å². The van der Waals surface area contributed by atoms with Gasteiger partial charge in [0.25, 0.3) is 11.5 Å². The van der Waals surface area contributed by atoms with Gasteiger partial charge in [-0.05, 0) is 67.9 Å². The van der Waals surface area contributed by atoms with E-state index >= 15 is 0 Å². The van der Waals surface area contributed by atoms with E-state index in [1.807, 2.05) is 42.3 Å². The molecule has 0 unspecified atom stereocenters. The first-order valence-electron chi connectivity index (χ1n) is 11.2. The number of benzene rings is 2. The predicted molar refractivity (Wildman–Crippen MR) is 139 cm³/mol. The summed E-state index contributed by atoms with van der Waals surface area (Å²) < 4.78 is 1.84. The van der Waals surface area contributed by atoms with Crippen LogP contribution in [-0.2, 0) is 0 Å². The third kappa shape index (κ3) is 4.05. The molecule has 1 fully saturated rings. The number of thiazole rings is 1. The number of rotatable bonds is 3. The number of hydrogen-bond donors (Lipinski definition) is 1. The van der Waals surface area contributed by atoms with Crippen LogP contribution in [0.4, 0.5) is 5.13 Å². The maximum atomic E-state index is 13.4. The second-order valence-corrected chi connectivity index (χ2v) is 9.76. The number of anilines is 1. The number of hydrogen-bond acceptors (Lipinski definition) is 6. The van der Waals surface area contributed by atoms with Crippen LogP contribution in [0.3, 0.4) is 0 Å². The number of carbonyl (C=O) groups is 1. The van der Waals surface area contributed by atoms with Gasteiger partial charge in [0.05, 0.1) is 16.6 Å². The Morgan fingerprint density at radius 2 is 1.97 bits per heavy atom. The van der Waals surface area contributed by atoms with Crippen LogP contribution in [0.1, 0.15) is 27.9 Å². The third-order valence-electron chi connectivity index (χ3n) is 6.43. The monoisotopic (exact) mass is 491 g/mol. The van der Waals surface area contributed by atoms with Crippen molar-refractivity contribution < 1.29 is 4.79 Å². The van der Waals surface area contributed by atoms with Crippen molar-refractivity contribution >= 4 is 45.5 Å². The van der Waals surface area contributed by atoms with E-state index < -0.39 is 0 Å². The van der Waals surface area contributed by atoms with Crippen LogP contribution in [0, 0.1) is 18.6 Å². The summed E-state index contributed by atoms with van der Waals surface area (Å²) in [5.74, 6) is -0.0408. The number of aromatic nitrogens is 3. The van der Waals surface area contributed by atoms with Crippen LogP contribution in [0.2, 0.25) is 0 Å². The van der Waals surface area contributed by atoms with Gasteiger partial charge in [0.2, 0.25) is 0 Å². The lowest BCUT2D eigenvalue weighted by molar-refractivity contribution is 0.0767. The van der Waals surface area contributed by atoms with Crippen molar-refractivity contribution in [2.24, 2.45) is 0 Å². The lowest BCUT2D eigenvalue weighted by Crippen LogP contribution is -2.35. The lowest BCUT2D eigenvalue weighted by Gasteiger charge is -2.22. The molecule has 0 spiro atoms. The highest BCUT2D eigenvalue weighted by Gasteiger charge is 2.22. The summed E-state index contributed by atoms with van der Waals surface area (Å²) in [4.78, 5) is 38.3. The molecule has 2 aromatic heterocycles. The molecule has 1 aliphatic heterocycles. The number of nitrogens with zero attached hydrogens (tertiary/aromatic N) is 4. The molecule has 4 aromatic rings. The fraction of sp³-hybridized carbons (Fsp3) is 0.280. The minimum absolute atomic E-state index is 0.0408. The van der Waals surface area contributed by atoms with Gasteiger partial charge in [-0.3, -0.25) is 14.2 Å². The molecule has 3 heterocycles. The molecular formula is C25H25N5O2S2. The largest absolute Gasteiger partial charge is 0.346 e. The smallest absolute Gasteiger partial charge is 0.266 e. The van der Waals surface area contributed by atoms with Crippen LogP contribution in [0.25, 0.3) is 16.6 Å². The standard InChI is InChI=1S/C25H25N5O2S2/c1-16-5-3-6-21(17(16)2)30-23(32)19-8-7-18(15-20(19)27-24(30)33)22(31)28-10-4-11-29(13-12-28)25-26-9-14-34-25/h3,5-9,14-15H,4,10-13H2,1-2H3,(H,27,33). The normalized spacial score (nSPS) is 14.4. The van der Waals surface area contributed by atoms with E-state index in [0.29, 0.717) is 34.3 Å². The SMILES string of the molecule is Cc1cccc(-n2c(=S)[nH]c3cc(C(=O)N4CCCN(c5nccs5)CC4)ccc3c2=O)c1C. The van der Waals surface area contributed by atoms with Crippen molar-refractivity contribution in [3.05, 3.63) is 79.8 Å². The van der Waals surface area contributed by atoms with Gasteiger partial charge in [-0.2, -0.15) is 0 Å². The van der Waals surface area contributed by atoms with Gasteiger partial charge < -0.3 is 14.8 Å². The summed E-state index contributed by atoms with van der Waals surface area (Å²) in [6.07, 6.45) is 2.68. The molecule has 34 heavy (non-hydrogen) atoms. The quantitative estimate of drug-likeness (QED) is 0.428. The summed E-state index contributed by atoms with van der Waals surface area (Å²) in [5, 5.41) is 3.46. The number of aryl methyl sites for hydroxylation is 1. The molecule has 1 saturated heterocycles. The fourth-order valence-corrected chi connectivity index (χ4v) is 5.40. The number of fused-ring (bicyclic) bond motifs is 1. The highest BCUT2D eigenvalue weighted by molar-refractivity contribution is 7.71. The maximum Gasteiger partial charge on any atom is 0.266 e. The summed E-state index contributed by atoms with van der Waals surface area (Å²) in [7, 11) is 0.